The Morgan fingerprint density at radius 1 is 1.39 bits per heavy atom. The summed E-state index contributed by atoms with van der Waals surface area (Å²) in [7, 11) is 0. The molecule has 0 saturated carbocycles. The SMILES string of the molecule is CC(=O)N1CCC(C(=O)NCC(O)C(F)F)CC1. The van der Waals surface area contributed by atoms with Gasteiger partial charge in [0.15, 0.2) is 0 Å². The average Bonchev–Trinajstić information content (AvgIpc) is 2.35. The highest BCUT2D eigenvalue weighted by Crippen LogP contribution is 2.17. The minimum atomic E-state index is -2.86. The Kier molecular flexibility index (Phi) is 5.46. The minimum absolute atomic E-state index is 0.0259. The first-order valence-electron chi connectivity index (χ1n) is 5.91. The maximum absolute atomic E-state index is 12.0. The van der Waals surface area contributed by atoms with Gasteiger partial charge >= 0.3 is 0 Å². The maximum Gasteiger partial charge on any atom is 0.265 e. The Labute approximate surface area is 104 Å². The van der Waals surface area contributed by atoms with E-state index in [4.69, 9.17) is 5.11 Å². The molecule has 2 N–H and O–H groups in total. The van der Waals surface area contributed by atoms with E-state index >= 15 is 0 Å². The predicted molar refractivity (Wildman–Crippen MR) is 60.0 cm³/mol. The summed E-state index contributed by atoms with van der Waals surface area (Å²) in [5.74, 6) is -0.634. The van der Waals surface area contributed by atoms with Crippen LogP contribution in [0.25, 0.3) is 0 Å². The van der Waals surface area contributed by atoms with Crippen LogP contribution in [0.1, 0.15) is 19.8 Å². The van der Waals surface area contributed by atoms with Crippen LogP contribution in [0.4, 0.5) is 8.78 Å². The summed E-state index contributed by atoms with van der Waals surface area (Å²) in [6.45, 7) is 2.04. The van der Waals surface area contributed by atoms with Crippen molar-refractivity contribution in [1.29, 1.82) is 0 Å². The molecule has 1 rings (SSSR count). The van der Waals surface area contributed by atoms with Crippen LogP contribution >= 0.6 is 0 Å². The van der Waals surface area contributed by atoms with Gasteiger partial charge in [0.05, 0.1) is 0 Å². The molecule has 1 unspecified atom stereocenters. The van der Waals surface area contributed by atoms with Gasteiger partial charge in [-0.25, -0.2) is 8.78 Å². The second-order valence-corrected chi connectivity index (χ2v) is 4.43. The van der Waals surface area contributed by atoms with Crippen molar-refractivity contribution in [2.45, 2.75) is 32.3 Å². The molecular formula is C11H18F2N2O3. The van der Waals surface area contributed by atoms with Crippen LogP contribution in [0.2, 0.25) is 0 Å². The number of nitrogens with one attached hydrogen (secondary N) is 1. The largest absolute Gasteiger partial charge is 0.385 e. The van der Waals surface area contributed by atoms with Gasteiger partial charge in [0.2, 0.25) is 11.8 Å². The van der Waals surface area contributed by atoms with Crippen molar-refractivity contribution in [3.8, 4) is 0 Å². The molecule has 0 bridgehead atoms. The van der Waals surface area contributed by atoms with E-state index in [2.05, 4.69) is 5.32 Å². The zero-order valence-electron chi connectivity index (χ0n) is 10.2. The molecule has 1 atom stereocenters. The van der Waals surface area contributed by atoms with E-state index in [1.807, 2.05) is 0 Å². The van der Waals surface area contributed by atoms with Gasteiger partial charge in [0, 0.05) is 32.5 Å². The summed E-state index contributed by atoms with van der Waals surface area (Å²) in [5.41, 5.74) is 0. The first-order chi connectivity index (χ1) is 8.41. The number of hydrogen-bond acceptors (Lipinski definition) is 3. The molecule has 1 saturated heterocycles. The second kappa shape index (κ2) is 6.63. The monoisotopic (exact) mass is 264 g/mol. The van der Waals surface area contributed by atoms with Crippen LogP contribution in [0.5, 0.6) is 0 Å². The van der Waals surface area contributed by atoms with Crippen molar-refractivity contribution in [2.24, 2.45) is 5.92 Å². The van der Waals surface area contributed by atoms with Crippen LogP contribution in [0, 0.1) is 5.92 Å². The van der Waals surface area contributed by atoms with Gasteiger partial charge in [-0.05, 0) is 12.8 Å². The first-order valence-corrected chi connectivity index (χ1v) is 5.91. The number of aliphatic hydroxyl groups excluding tert-OH is 1. The zero-order chi connectivity index (χ0) is 13.7. The number of likely N-dealkylation sites (tertiary alicyclic amines) is 1. The quantitative estimate of drug-likeness (QED) is 0.750. The smallest absolute Gasteiger partial charge is 0.265 e. The molecule has 1 aliphatic rings. The normalized spacial score (nSPS) is 18.8. The van der Waals surface area contributed by atoms with Crippen LogP contribution in [-0.2, 0) is 9.59 Å². The molecule has 7 heteroatoms. The Balaban J connectivity index is 2.30. The molecule has 0 aliphatic carbocycles. The molecular weight excluding hydrogens is 246 g/mol. The highest BCUT2D eigenvalue weighted by Gasteiger charge is 2.27. The third kappa shape index (κ3) is 4.21. The van der Waals surface area contributed by atoms with E-state index in [0.717, 1.165) is 0 Å². The number of amides is 2. The summed E-state index contributed by atoms with van der Waals surface area (Å²) in [5, 5.41) is 11.2. The summed E-state index contributed by atoms with van der Waals surface area (Å²) in [6, 6.07) is 0. The number of nitrogens with zero attached hydrogens (tertiary/aromatic N) is 1. The minimum Gasteiger partial charge on any atom is -0.385 e. The fourth-order valence-corrected chi connectivity index (χ4v) is 1.90. The number of alkyl halides is 2. The summed E-state index contributed by atoms with van der Waals surface area (Å²) in [4.78, 5) is 24.4. The zero-order valence-corrected chi connectivity index (χ0v) is 10.2. The van der Waals surface area contributed by atoms with Gasteiger partial charge in [-0.2, -0.15) is 0 Å². The van der Waals surface area contributed by atoms with Gasteiger partial charge < -0.3 is 15.3 Å². The van der Waals surface area contributed by atoms with Crippen molar-refractivity contribution in [3.63, 3.8) is 0 Å². The molecule has 0 radical (unpaired) electrons. The topological polar surface area (TPSA) is 69.6 Å². The molecule has 1 fully saturated rings. The van der Waals surface area contributed by atoms with E-state index in [0.29, 0.717) is 25.9 Å². The Morgan fingerprint density at radius 3 is 2.39 bits per heavy atom. The maximum atomic E-state index is 12.0. The molecule has 2 amide bonds. The lowest BCUT2D eigenvalue weighted by molar-refractivity contribution is -0.134. The van der Waals surface area contributed by atoms with Crippen molar-refractivity contribution < 1.29 is 23.5 Å². The molecule has 1 heterocycles. The highest BCUT2D eigenvalue weighted by molar-refractivity contribution is 5.79. The Bertz CT molecular complexity index is 305. The van der Waals surface area contributed by atoms with Gasteiger partial charge in [-0.3, -0.25) is 9.59 Å². The van der Waals surface area contributed by atoms with Crippen LogP contribution in [0.3, 0.4) is 0 Å². The number of rotatable bonds is 4. The fraction of sp³-hybridized carbons (Fsp3) is 0.818. The van der Waals surface area contributed by atoms with E-state index < -0.39 is 19.1 Å². The fourth-order valence-electron chi connectivity index (χ4n) is 1.90. The number of carbonyl (C=O) groups excluding carboxylic acids is 2. The molecule has 104 valence electrons. The third-order valence-corrected chi connectivity index (χ3v) is 3.09. The van der Waals surface area contributed by atoms with E-state index in [1.165, 1.54) is 6.92 Å². The third-order valence-electron chi connectivity index (χ3n) is 3.09. The number of carbonyl (C=O) groups is 2. The van der Waals surface area contributed by atoms with Crippen molar-refractivity contribution >= 4 is 11.8 Å². The van der Waals surface area contributed by atoms with Crippen molar-refractivity contribution in [1.82, 2.24) is 10.2 Å². The Hall–Kier alpha value is -1.24. The number of piperidine rings is 1. The Morgan fingerprint density at radius 2 is 1.94 bits per heavy atom. The molecule has 0 aromatic rings. The van der Waals surface area contributed by atoms with Crippen molar-refractivity contribution in [3.05, 3.63) is 0 Å². The molecule has 18 heavy (non-hydrogen) atoms. The van der Waals surface area contributed by atoms with Gasteiger partial charge in [-0.1, -0.05) is 0 Å². The van der Waals surface area contributed by atoms with E-state index in [1.54, 1.807) is 4.90 Å². The first kappa shape index (κ1) is 14.8. The number of hydrogen-bond donors (Lipinski definition) is 2. The lowest BCUT2D eigenvalue weighted by Gasteiger charge is -2.30. The van der Waals surface area contributed by atoms with Crippen molar-refractivity contribution in [2.75, 3.05) is 19.6 Å². The van der Waals surface area contributed by atoms with Crippen LogP contribution in [-0.4, -0.2) is 54.0 Å². The lowest BCUT2D eigenvalue weighted by Crippen LogP contribution is -2.44. The summed E-state index contributed by atoms with van der Waals surface area (Å²) >= 11 is 0. The average molecular weight is 264 g/mol. The van der Waals surface area contributed by atoms with E-state index in [-0.39, 0.29) is 17.7 Å². The number of aliphatic hydroxyl groups is 1. The lowest BCUT2D eigenvalue weighted by atomic mass is 9.96. The second-order valence-electron chi connectivity index (χ2n) is 4.43. The summed E-state index contributed by atoms with van der Waals surface area (Å²) in [6.07, 6.45) is -3.64. The molecule has 0 spiro atoms. The van der Waals surface area contributed by atoms with Gasteiger partial charge in [-0.15, -0.1) is 0 Å². The van der Waals surface area contributed by atoms with Crippen LogP contribution < -0.4 is 5.32 Å². The molecule has 0 aromatic carbocycles. The molecule has 5 nitrogen and oxygen atoms in total. The standard InChI is InChI=1S/C11H18F2N2O3/c1-7(16)15-4-2-8(3-5-15)11(18)14-6-9(17)10(12)13/h8-10,17H,2-6H2,1H3,(H,14,18). The number of halogens is 2. The van der Waals surface area contributed by atoms with Gasteiger partial charge in [0.1, 0.15) is 6.10 Å². The summed E-state index contributed by atoms with van der Waals surface area (Å²) < 4.78 is 24.0. The van der Waals surface area contributed by atoms with E-state index in [9.17, 15) is 18.4 Å². The van der Waals surface area contributed by atoms with Crippen LogP contribution in [0.15, 0.2) is 0 Å². The molecule has 0 aromatic heterocycles. The molecule has 1 aliphatic heterocycles. The highest BCUT2D eigenvalue weighted by atomic mass is 19.3. The van der Waals surface area contributed by atoms with Gasteiger partial charge in [0.25, 0.3) is 6.43 Å². The predicted octanol–water partition coefficient (Wildman–Crippen LogP) is -0.0129.